The van der Waals surface area contributed by atoms with Crippen molar-refractivity contribution in [3.63, 3.8) is 0 Å². The Morgan fingerprint density at radius 3 is 2.56 bits per heavy atom. The van der Waals surface area contributed by atoms with E-state index in [0.29, 0.717) is 5.92 Å². The zero-order valence-corrected chi connectivity index (χ0v) is 9.46. The highest BCUT2D eigenvalue weighted by atomic mass is 15.5. The molecule has 1 heterocycles. The van der Waals surface area contributed by atoms with Gasteiger partial charge in [-0.2, -0.15) is 0 Å². The second-order valence-corrected chi connectivity index (χ2v) is 4.20. The van der Waals surface area contributed by atoms with Crippen LogP contribution in [0.5, 0.6) is 0 Å². The van der Waals surface area contributed by atoms with Crippen LogP contribution in [0.15, 0.2) is 24.3 Å². The van der Waals surface area contributed by atoms with Gasteiger partial charge in [0.05, 0.1) is 0 Å². The molecule has 2 aromatic rings. The van der Waals surface area contributed by atoms with Gasteiger partial charge in [0.15, 0.2) is 5.82 Å². The standard InChI is InChI=1S/C11H15N5/c1-8(2)7-16-11(13-14-15-16)9-3-5-10(12)6-4-9/h3-6,8H,7,12H2,1-2H3. The number of hydrogen-bond acceptors (Lipinski definition) is 4. The smallest absolute Gasteiger partial charge is 0.182 e. The number of nitrogens with two attached hydrogens (primary N) is 1. The average molecular weight is 217 g/mol. The van der Waals surface area contributed by atoms with E-state index >= 15 is 0 Å². The van der Waals surface area contributed by atoms with Gasteiger partial charge in [0.25, 0.3) is 0 Å². The number of tetrazole rings is 1. The maximum absolute atomic E-state index is 5.64. The molecule has 0 spiro atoms. The van der Waals surface area contributed by atoms with Gasteiger partial charge in [0, 0.05) is 17.8 Å². The highest BCUT2D eigenvalue weighted by Gasteiger charge is 2.09. The molecule has 0 bridgehead atoms. The molecule has 16 heavy (non-hydrogen) atoms. The minimum atomic E-state index is 0.510. The van der Waals surface area contributed by atoms with Gasteiger partial charge in [-0.05, 0) is 40.6 Å². The molecule has 0 aliphatic carbocycles. The highest BCUT2D eigenvalue weighted by molar-refractivity contribution is 5.58. The fourth-order valence-corrected chi connectivity index (χ4v) is 1.51. The summed E-state index contributed by atoms with van der Waals surface area (Å²) in [6.07, 6.45) is 0. The number of hydrogen-bond donors (Lipinski definition) is 1. The molecule has 2 N–H and O–H groups in total. The molecule has 0 radical (unpaired) electrons. The normalized spacial score (nSPS) is 10.9. The molecule has 0 saturated heterocycles. The summed E-state index contributed by atoms with van der Waals surface area (Å²) in [5.74, 6) is 1.30. The maximum atomic E-state index is 5.64. The first-order valence-electron chi connectivity index (χ1n) is 5.29. The van der Waals surface area contributed by atoms with Crippen LogP contribution in [0.25, 0.3) is 11.4 Å². The number of nitrogen functional groups attached to an aromatic ring is 1. The first-order chi connectivity index (χ1) is 7.66. The van der Waals surface area contributed by atoms with Crippen LogP contribution < -0.4 is 5.73 Å². The SMILES string of the molecule is CC(C)Cn1nnnc1-c1ccc(N)cc1. The van der Waals surface area contributed by atoms with Crippen molar-refractivity contribution < 1.29 is 0 Å². The predicted octanol–water partition coefficient (Wildman–Crippen LogP) is 1.58. The molecule has 1 aromatic carbocycles. The van der Waals surface area contributed by atoms with Crippen molar-refractivity contribution in [2.75, 3.05) is 5.73 Å². The summed E-state index contributed by atoms with van der Waals surface area (Å²) in [6, 6.07) is 7.56. The molecule has 5 nitrogen and oxygen atoms in total. The lowest BCUT2D eigenvalue weighted by Gasteiger charge is -2.06. The Kier molecular flexibility index (Phi) is 2.85. The third-order valence-electron chi connectivity index (χ3n) is 2.24. The summed E-state index contributed by atoms with van der Waals surface area (Å²) in [5, 5.41) is 11.7. The molecule has 5 heteroatoms. The number of benzene rings is 1. The number of rotatable bonds is 3. The first kappa shape index (κ1) is 10.6. The monoisotopic (exact) mass is 217 g/mol. The summed E-state index contributed by atoms with van der Waals surface area (Å²) in [7, 11) is 0. The Morgan fingerprint density at radius 1 is 1.25 bits per heavy atom. The van der Waals surface area contributed by atoms with Crippen molar-refractivity contribution >= 4 is 5.69 Å². The van der Waals surface area contributed by atoms with Gasteiger partial charge < -0.3 is 5.73 Å². The van der Waals surface area contributed by atoms with E-state index in [1.807, 2.05) is 28.9 Å². The van der Waals surface area contributed by atoms with Crippen molar-refractivity contribution in [2.24, 2.45) is 5.92 Å². The van der Waals surface area contributed by atoms with Crippen LogP contribution in [0.4, 0.5) is 5.69 Å². The highest BCUT2D eigenvalue weighted by Crippen LogP contribution is 2.17. The molecule has 84 valence electrons. The number of aromatic nitrogens is 4. The predicted molar refractivity (Wildman–Crippen MR) is 62.5 cm³/mol. The van der Waals surface area contributed by atoms with E-state index in [2.05, 4.69) is 29.4 Å². The second kappa shape index (κ2) is 4.30. The van der Waals surface area contributed by atoms with Gasteiger partial charge in [-0.1, -0.05) is 13.8 Å². The minimum absolute atomic E-state index is 0.510. The second-order valence-electron chi connectivity index (χ2n) is 4.20. The van der Waals surface area contributed by atoms with Crippen molar-refractivity contribution in [3.8, 4) is 11.4 Å². The Hall–Kier alpha value is -1.91. The molecular weight excluding hydrogens is 202 g/mol. The van der Waals surface area contributed by atoms with Gasteiger partial charge in [0.2, 0.25) is 0 Å². The minimum Gasteiger partial charge on any atom is -0.399 e. The Bertz CT molecular complexity index is 457. The lowest BCUT2D eigenvalue weighted by molar-refractivity contribution is 0.475. The molecule has 2 rings (SSSR count). The van der Waals surface area contributed by atoms with Crippen LogP contribution in [0.3, 0.4) is 0 Å². The van der Waals surface area contributed by atoms with Crippen molar-refractivity contribution in [2.45, 2.75) is 20.4 Å². The molecule has 0 atom stereocenters. The number of anilines is 1. The third-order valence-corrected chi connectivity index (χ3v) is 2.24. The van der Waals surface area contributed by atoms with E-state index in [1.165, 1.54) is 0 Å². The Balaban J connectivity index is 2.33. The van der Waals surface area contributed by atoms with Crippen LogP contribution in [-0.4, -0.2) is 20.2 Å². The Labute approximate surface area is 94.3 Å². The van der Waals surface area contributed by atoms with E-state index < -0.39 is 0 Å². The van der Waals surface area contributed by atoms with E-state index in [9.17, 15) is 0 Å². The topological polar surface area (TPSA) is 69.6 Å². The third kappa shape index (κ3) is 2.18. The van der Waals surface area contributed by atoms with Gasteiger partial charge in [-0.25, -0.2) is 4.68 Å². The van der Waals surface area contributed by atoms with E-state index in [1.54, 1.807) is 0 Å². The quantitative estimate of drug-likeness (QED) is 0.792. The zero-order valence-electron chi connectivity index (χ0n) is 9.46. The van der Waals surface area contributed by atoms with E-state index in [-0.39, 0.29) is 0 Å². The van der Waals surface area contributed by atoms with Gasteiger partial charge >= 0.3 is 0 Å². The van der Waals surface area contributed by atoms with Gasteiger partial charge in [0.1, 0.15) is 0 Å². The van der Waals surface area contributed by atoms with Crippen molar-refractivity contribution in [1.82, 2.24) is 20.2 Å². The molecule has 0 unspecified atom stereocenters. The molecular formula is C11H15N5. The zero-order chi connectivity index (χ0) is 11.5. The van der Waals surface area contributed by atoms with Crippen LogP contribution in [0.1, 0.15) is 13.8 Å². The summed E-state index contributed by atoms with van der Waals surface area (Å²) in [6.45, 7) is 5.08. The lowest BCUT2D eigenvalue weighted by atomic mass is 10.2. The van der Waals surface area contributed by atoms with E-state index in [4.69, 9.17) is 5.73 Å². The van der Waals surface area contributed by atoms with Crippen LogP contribution >= 0.6 is 0 Å². The first-order valence-corrected chi connectivity index (χ1v) is 5.29. The fourth-order valence-electron chi connectivity index (χ4n) is 1.51. The fraction of sp³-hybridized carbons (Fsp3) is 0.364. The van der Waals surface area contributed by atoms with Crippen LogP contribution in [0.2, 0.25) is 0 Å². The van der Waals surface area contributed by atoms with Crippen LogP contribution in [-0.2, 0) is 6.54 Å². The average Bonchev–Trinajstić information content (AvgIpc) is 2.66. The van der Waals surface area contributed by atoms with Crippen LogP contribution in [0, 0.1) is 5.92 Å². The Morgan fingerprint density at radius 2 is 1.94 bits per heavy atom. The lowest BCUT2D eigenvalue weighted by Crippen LogP contribution is -2.08. The molecule has 1 aromatic heterocycles. The summed E-state index contributed by atoms with van der Waals surface area (Å²) >= 11 is 0. The van der Waals surface area contributed by atoms with Gasteiger partial charge in [-0.15, -0.1) is 5.10 Å². The molecule has 0 aliphatic rings. The number of nitrogens with zero attached hydrogens (tertiary/aromatic N) is 4. The largest absolute Gasteiger partial charge is 0.399 e. The van der Waals surface area contributed by atoms with E-state index in [0.717, 1.165) is 23.6 Å². The van der Waals surface area contributed by atoms with Crippen molar-refractivity contribution in [3.05, 3.63) is 24.3 Å². The maximum Gasteiger partial charge on any atom is 0.182 e. The molecule has 0 aliphatic heterocycles. The van der Waals surface area contributed by atoms with Crippen molar-refractivity contribution in [1.29, 1.82) is 0 Å². The summed E-state index contributed by atoms with van der Waals surface area (Å²) < 4.78 is 1.82. The summed E-state index contributed by atoms with van der Waals surface area (Å²) in [5.41, 5.74) is 7.37. The molecule has 0 fully saturated rings. The summed E-state index contributed by atoms with van der Waals surface area (Å²) in [4.78, 5) is 0. The van der Waals surface area contributed by atoms with Gasteiger partial charge in [-0.3, -0.25) is 0 Å². The molecule has 0 amide bonds. The molecule has 0 saturated carbocycles.